The number of nitrogens with zero attached hydrogens (tertiary/aromatic N) is 2. The van der Waals surface area contributed by atoms with Crippen molar-refractivity contribution in [3.05, 3.63) is 29.8 Å². The second-order valence-electron chi connectivity index (χ2n) is 4.96. The van der Waals surface area contributed by atoms with Crippen molar-refractivity contribution in [1.29, 1.82) is 0 Å². The third kappa shape index (κ3) is 2.87. The van der Waals surface area contributed by atoms with Crippen molar-refractivity contribution >= 4 is 35.1 Å². The van der Waals surface area contributed by atoms with E-state index in [4.69, 9.17) is 0 Å². The molecule has 0 saturated carbocycles. The number of amidine groups is 1. The Kier molecular flexibility index (Phi) is 3.83. The largest absolute Gasteiger partial charge is 0.341 e. The Hall–Kier alpha value is -2.02. The molecule has 0 aliphatic carbocycles. The Bertz CT molecular complexity index is 617. The average molecular weight is 304 g/mol. The van der Waals surface area contributed by atoms with Gasteiger partial charge in [-0.05, 0) is 12.1 Å². The molecule has 2 aliphatic heterocycles. The Morgan fingerprint density at radius 2 is 2.38 bits per heavy atom. The third-order valence-electron chi connectivity index (χ3n) is 3.42. The van der Waals surface area contributed by atoms with Crippen LogP contribution in [0.3, 0.4) is 0 Å². The van der Waals surface area contributed by atoms with Crippen LogP contribution in [0.15, 0.2) is 29.4 Å². The molecule has 7 heteroatoms. The van der Waals surface area contributed by atoms with Gasteiger partial charge in [-0.2, -0.15) is 16.9 Å². The minimum atomic E-state index is -0.166. The summed E-state index contributed by atoms with van der Waals surface area (Å²) in [5.41, 5.74) is 4.21. The molecular formula is C14H16N4O2S. The summed E-state index contributed by atoms with van der Waals surface area (Å²) in [4.78, 5) is 25.1. The fourth-order valence-corrected chi connectivity index (χ4v) is 3.54. The Labute approximate surface area is 127 Å². The fraction of sp³-hybridized carbons (Fsp3) is 0.357. The quantitative estimate of drug-likeness (QED) is 0.850. The first-order valence-corrected chi connectivity index (χ1v) is 7.90. The monoisotopic (exact) mass is 304 g/mol. The number of carbonyl (C=O) groups excluding carboxylic acids is 2. The highest BCUT2D eigenvalue weighted by Crippen LogP contribution is 2.23. The molecule has 2 N–H and O–H groups in total. The zero-order valence-corrected chi connectivity index (χ0v) is 12.4. The molecule has 0 bridgehead atoms. The van der Waals surface area contributed by atoms with Crippen molar-refractivity contribution in [1.82, 2.24) is 10.3 Å². The normalized spacial score (nSPS) is 21.2. The molecule has 2 amide bonds. The number of hydrogen-bond donors (Lipinski definition) is 2. The summed E-state index contributed by atoms with van der Waals surface area (Å²) in [6.45, 7) is 2.27. The highest BCUT2D eigenvalue weighted by molar-refractivity contribution is 7.99. The summed E-state index contributed by atoms with van der Waals surface area (Å²) in [5, 5.41) is 6.97. The van der Waals surface area contributed by atoms with E-state index in [-0.39, 0.29) is 17.9 Å². The number of rotatable bonds is 2. The van der Waals surface area contributed by atoms with Gasteiger partial charge in [0.15, 0.2) is 5.84 Å². The lowest BCUT2D eigenvalue weighted by atomic mass is 10.1. The van der Waals surface area contributed by atoms with Crippen LogP contribution in [-0.4, -0.2) is 46.6 Å². The molecule has 1 saturated heterocycles. The first kappa shape index (κ1) is 13.9. The van der Waals surface area contributed by atoms with Gasteiger partial charge in [0.2, 0.25) is 5.91 Å². The zero-order valence-electron chi connectivity index (χ0n) is 11.6. The number of anilines is 1. The van der Waals surface area contributed by atoms with E-state index in [9.17, 15) is 9.59 Å². The maximum atomic E-state index is 11.9. The second kappa shape index (κ2) is 5.77. The van der Waals surface area contributed by atoms with Crippen molar-refractivity contribution < 1.29 is 9.59 Å². The van der Waals surface area contributed by atoms with Crippen LogP contribution < -0.4 is 10.7 Å². The smallest absolute Gasteiger partial charge is 0.263 e. The van der Waals surface area contributed by atoms with Gasteiger partial charge in [-0.15, -0.1) is 0 Å². The highest BCUT2D eigenvalue weighted by Gasteiger charge is 2.35. The van der Waals surface area contributed by atoms with E-state index in [1.165, 1.54) is 6.92 Å². The topological polar surface area (TPSA) is 73.8 Å². The molecule has 2 heterocycles. The van der Waals surface area contributed by atoms with Crippen LogP contribution in [0, 0.1) is 0 Å². The number of carbonyl (C=O) groups is 2. The molecule has 0 aromatic heterocycles. The number of amides is 2. The Morgan fingerprint density at radius 1 is 1.52 bits per heavy atom. The molecule has 2 aliphatic rings. The standard InChI is InChI=1S/C14H16N4O2S/c1-9(19)15-11-4-2-3-10(7-11)13-16-17-14(20)12-8-21-6-5-18(12)13/h2-4,7,12H,5-6,8H2,1H3,(H,15,19)(H,17,20). The lowest BCUT2D eigenvalue weighted by molar-refractivity contribution is -0.125. The molecule has 110 valence electrons. The van der Waals surface area contributed by atoms with Crippen LogP contribution in [0.5, 0.6) is 0 Å². The summed E-state index contributed by atoms with van der Waals surface area (Å²) >= 11 is 1.78. The second-order valence-corrected chi connectivity index (χ2v) is 6.11. The molecule has 6 nitrogen and oxygen atoms in total. The minimum absolute atomic E-state index is 0.0519. The van der Waals surface area contributed by atoms with Crippen LogP contribution >= 0.6 is 11.8 Å². The summed E-state index contributed by atoms with van der Waals surface area (Å²) in [7, 11) is 0. The van der Waals surface area contributed by atoms with Gasteiger partial charge in [0.1, 0.15) is 6.04 Å². The predicted molar refractivity (Wildman–Crippen MR) is 83.2 cm³/mol. The number of nitrogens with one attached hydrogen (secondary N) is 2. The van der Waals surface area contributed by atoms with Crippen molar-refractivity contribution in [2.75, 3.05) is 23.4 Å². The molecule has 1 aromatic rings. The van der Waals surface area contributed by atoms with Gasteiger partial charge in [-0.25, -0.2) is 5.43 Å². The lowest BCUT2D eigenvalue weighted by Crippen LogP contribution is -2.57. The van der Waals surface area contributed by atoms with Crippen LogP contribution in [0.4, 0.5) is 5.69 Å². The average Bonchev–Trinajstić information content (AvgIpc) is 2.47. The summed E-state index contributed by atoms with van der Waals surface area (Å²) in [5.74, 6) is 2.35. The highest BCUT2D eigenvalue weighted by atomic mass is 32.2. The van der Waals surface area contributed by atoms with Crippen LogP contribution in [0.2, 0.25) is 0 Å². The van der Waals surface area contributed by atoms with Gasteiger partial charge in [0, 0.05) is 36.2 Å². The van der Waals surface area contributed by atoms with E-state index >= 15 is 0 Å². The molecule has 1 unspecified atom stereocenters. The van der Waals surface area contributed by atoms with Crippen LogP contribution in [-0.2, 0) is 9.59 Å². The lowest BCUT2D eigenvalue weighted by Gasteiger charge is -2.38. The third-order valence-corrected chi connectivity index (χ3v) is 4.44. The van der Waals surface area contributed by atoms with E-state index in [0.717, 1.165) is 35.1 Å². The molecule has 0 spiro atoms. The Morgan fingerprint density at radius 3 is 3.19 bits per heavy atom. The number of fused-ring (bicyclic) bond motifs is 1. The molecule has 1 atom stereocenters. The maximum Gasteiger partial charge on any atom is 0.263 e. The van der Waals surface area contributed by atoms with Crippen molar-refractivity contribution in [3.8, 4) is 0 Å². The molecule has 1 fully saturated rings. The molecule has 3 rings (SSSR count). The van der Waals surface area contributed by atoms with E-state index in [1.807, 2.05) is 29.2 Å². The van der Waals surface area contributed by atoms with Crippen molar-refractivity contribution in [2.24, 2.45) is 5.10 Å². The SMILES string of the molecule is CC(=O)Nc1cccc(C2=NNC(=O)C3CSCCN23)c1. The zero-order chi connectivity index (χ0) is 14.8. The summed E-state index contributed by atoms with van der Waals surface area (Å²) < 4.78 is 0. The van der Waals surface area contributed by atoms with Gasteiger partial charge in [-0.1, -0.05) is 12.1 Å². The molecule has 1 aromatic carbocycles. The van der Waals surface area contributed by atoms with Gasteiger partial charge in [0.05, 0.1) is 0 Å². The van der Waals surface area contributed by atoms with Gasteiger partial charge in [0.25, 0.3) is 5.91 Å². The summed E-state index contributed by atoms with van der Waals surface area (Å²) in [6.07, 6.45) is 0. The number of thioether (sulfide) groups is 1. The summed E-state index contributed by atoms with van der Waals surface area (Å²) in [6, 6.07) is 7.33. The van der Waals surface area contributed by atoms with Gasteiger partial charge >= 0.3 is 0 Å². The van der Waals surface area contributed by atoms with Crippen LogP contribution in [0.1, 0.15) is 12.5 Å². The van der Waals surface area contributed by atoms with E-state index in [0.29, 0.717) is 0 Å². The van der Waals surface area contributed by atoms with Crippen molar-refractivity contribution in [2.45, 2.75) is 13.0 Å². The Balaban J connectivity index is 1.91. The molecular weight excluding hydrogens is 288 g/mol. The number of benzene rings is 1. The number of hydrogen-bond acceptors (Lipinski definition) is 5. The van der Waals surface area contributed by atoms with Gasteiger partial charge in [-0.3, -0.25) is 9.59 Å². The minimum Gasteiger partial charge on any atom is -0.341 e. The first-order chi connectivity index (χ1) is 10.1. The maximum absolute atomic E-state index is 11.9. The number of hydrazone groups is 1. The van der Waals surface area contributed by atoms with Crippen LogP contribution in [0.25, 0.3) is 0 Å². The molecule has 21 heavy (non-hydrogen) atoms. The van der Waals surface area contributed by atoms with Crippen molar-refractivity contribution in [3.63, 3.8) is 0 Å². The molecule has 0 radical (unpaired) electrons. The first-order valence-electron chi connectivity index (χ1n) is 6.75. The van der Waals surface area contributed by atoms with E-state index < -0.39 is 0 Å². The predicted octanol–water partition coefficient (Wildman–Crippen LogP) is 0.854. The van der Waals surface area contributed by atoms with E-state index in [1.54, 1.807) is 11.8 Å². The van der Waals surface area contributed by atoms with Gasteiger partial charge < -0.3 is 10.2 Å². The fourth-order valence-electron chi connectivity index (χ4n) is 2.49. The van der Waals surface area contributed by atoms with E-state index in [2.05, 4.69) is 15.8 Å².